The highest BCUT2D eigenvalue weighted by Gasteiger charge is 2.33. The molecule has 1 aromatic carbocycles. The van der Waals surface area contributed by atoms with E-state index in [0.29, 0.717) is 6.07 Å². The molecule has 0 spiro atoms. The molecule has 0 aliphatic heterocycles. The zero-order chi connectivity index (χ0) is 18.5. The Morgan fingerprint density at radius 2 is 1.92 bits per heavy atom. The molecule has 2 unspecified atom stereocenters. The monoisotopic (exact) mass is 351 g/mol. The summed E-state index contributed by atoms with van der Waals surface area (Å²) < 4.78 is 40.7. The summed E-state index contributed by atoms with van der Waals surface area (Å²) in [5, 5.41) is 31.0. The summed E-state index contributed by atoms with van der Waals surface area (Å²) in [5.41, 5.74) is -0.898. The van der Waals surface area contributed by atoms with Gasteiger partial charge in [0.25, 0.3) is 0 Å². The number of carbonyl (C=O) groups is 2. The van der Waals surface area contributed by atoms with Gasteiger partial charge in [0.15, 0.2) is 0 Å². The minimum Gasteiger partial charge on any atom is -0.478 e. The topological polar surface area (TPSA) is 116 Å². The van der Waals surface area contributed by atoms with Crippen LogP contribution in [0.4, 0.5) is 13.2 Å². The number of carboxylic acid groups (broad SMARTS) is 1. The van der Waals surface area contributed by atoms with E-state index in [-0.39, 0.29) is 24.4 Å². The molecule has 10 heteroatoms. The quantitative estimate of drug-likeness (QED) is 0.587. The zero-order valence-electron chi connectivity index (χ0n) is 12.5. The second-order valence-corrected chi connectivity index (χ2v) is 4.89. The molecular formula is C14H16F3NO6. The summed E-state index contributed by atoms with van der Waals surface area (Å²) in [6, 6.07) is 2.60. The van der Waals surface area contributed by atoms with Gasteiger partial charge in [-0.3, -0.25) is 4.79 Å². The molecule has 0 saturated carbocycles. The molecule has 7 nitrogen and oxygen atoms in total. The van der Waals surface area contributed by atoms with E-state index in [1.807, 2.05) is 0 Å². The Balaban J connectivity index is 2.96. The molecule has 0 fully saturated rings. The van der Waals surface area contributed by atoms with Gasteiger partial charge in [-0.25, -0.2) is 4.79 Å². The molecule has 1 amide bonds. The summed E-state index contributed by atoms with van der Waals surface area (Å²) in [4.78, 5) is 21.6. The number of hydrogen-bond acceptors (Lipinski definition) is 5. The fourth-order valence-electron chi connectivity index (χ4n) is 1.88. The molecule has 0 bridgehead atoms. The van der Waals surface area contributed by atoms with E-state index in [1.54, 1.807) is 0 Å². The normalized spacial score (nSPS) is 13.9. The van der Waals surface area contributed by atoms with Crippen LogP contribution in [0, 0.1) is 0 Å². The highest BCUT2D eigenvalue weighted by atomic mass is 19.4. The van der Waals surface area contributed by atoms with E-state index in [4.69, 9.17) is 5.11 Å². The number of nitrogens with one attached hydrogen (secondary N) is 1. The highest BCUT2D eigenvalue weighted by molar-refractivity contribution is 5.91. The summed E-state index contributed by atoms with van der Waals surface area (Å²) in [6.45, 7) is 1.31. The van der Waals surface area contributed by atoms with Crippen LogP contribution in [0.2, 0.25) is 0 Å². The van der Waals surface area contributed by atoms with Crippen molar-refractivity contribution >= 4 is 11.9 Å². The molecule has 0 aromatic heterocycles. The second kappa shape index (κ2) is 7.97. The highest BCUT2D eigenvalue weighted by Crippen LogP contribution is 2.30. The van der Waals surface area contributed by atoms with E-state index in [1.165, 1.54) is 6.92 Å². The number of benzene rings is 1. The maximum absolute atomic E-state index is 12.4. The van der Waals surface area contributed by atoms with Crippen LogP contribution in [-0.4, -0.2) is 46.2 Å². The summed E-state index contributed by atoms with van der Waals surface area (Å²) in [7, 11) is 0. The summed E-state index contributed by atoms with van der Waals surface area (Å²) in [6.07, 6.45) is -8.14. The largest absolute Gasteiger partial charge is 0.573 e. The van der Waals surface area contributed by atoms with Crippen LogP contribution in [0.5, 0.6) is 5.75 Å². The maximum Gasteiger partial charge on any atom is 0.573 e. The molecule has 0 aliphatic carbocycles. The van der Waals surface area contributed by atoms with Gasteiger partial charge in [-0.1, -0.05) is 6.07 Å². The van der Waals surface area contributed by atoms with Crippen LogP contribution in [0.25, 0.3) is 0 Å². The predicted molar refractivity (Wildman–Crippen MR) is 74.4 cm³/mol. The van der Waals surface area contributed by atoms with E-state index >= 15 is 0 Å². The molecule has 0 radical (unpaired) electrons. The van der Waals surface area contributed by atoms with Crippen molar-refractivity contribution in [3.63, 3.8) is 0 Å². The number of ether oxygens (including phenoxy) is 1. The number of aliphatic hydroxyl groups excluding tert-OH is 2. The fraction of sp³-hybridized carbons (Fsp3) is 0.429. The maximum atomic E-state index is 12.4. The molecule has 0 aliphatic rings. The van der Waals surface area contributed by atoms with Gasteiger partial charge in [-0.2, -0.15) is 0 Å². The van der Waals surface area contributed by atoms with Crippen molar-refractivity contribution in [3.05, 3.63) is 29.3 Å². The molecule has 24 heavy (non-hydrogen) atoms. The van der Waals surface area contributed by atoms with Gasteiger partial charge >= 0.3 is 12.3 Å². The number of aromatic carboxylic acids is 1. The second-order valence-electron chi connectivity index (χ2n) is 4.89. The molecule has 1 aromatic rings. The fourth-order valence-corrected chi connectivity index (χ4v) is 1.88. The van der Waals surface area contributed by atoms with Gasteiger partial charge in [-0.05, 0) is 24.1 Å². The lowest BCUT2D eigenvalue weighted by molar-refractivity contribution is -0.274. The molecule has 134 valence electrons. The number of hydrogen-bond donors (Lipinski definition) is 4. The van der Waals surface area contributed by atoms with Gasteiger partial charge < -0.3 is 25.4 Å². The Hall–Kier alpha value is -2.33. The third kappa shape index (κ3) is 6.05. The van der Waals surface area contributed by atoms with Crippen LogP contribution in [-0.2, 0) is 4.79 Å². The number of carbonyl (C=O) groups excluding carboxylic acids is 1. The third-order valence-electron chi connectivity index (χ3n) is 2.98. The number of halogens is 3. The molecular weight excluding hydrogens is 335 g/mol. The Morgan fingerprint density at radius 1 is 1.29 bits per heavy atom. The smallest absolute Gasteiger partial charge is 0.478 e. The lowest BCUT2D eigenvalue weighted by Crippen LogP contribution is -2.27. The van der Waals surface area contributed by atoms with Gasteiger partial charge in [0.05, 0.1) is 6.10 Å². The first kappa shape index (κ1) is 19.7. The van der Waals surface area contributed by atoms with Crippen LogP contribution in [0.3, 0.4) is 0 Å². The summed E-state index contributed by atoms with van der Waals surface area (Å²) >= 11 is 0. The van der Waals surface area contributed by atoms with E-state index in [2.05, 4.69) is 10.1 Å². The first-order valence-electron chi connectivity index (χ1n) is 6.75. The Morgan fingerprint density at radius 3 is 2.42 bits per heavy atom. The number of rotatable bonds is 7. The number of amides is 1. The molecule has 0 heterocycles. The molecule has 4 N–H and O–H groups in total. The van der Waals surface area contributed by atoms with E-state index in [9.17, 15) is 33.0 Å². The van der Waals surface area contributed by atoms with Crippen molar-refractivity contribution in [3.8, 4) is 5.75 Å². The zero-order valence-corrected chi connectivity index (χ0v) is 12.5. The molecule has 2 atom stereocenters. The summed E-state index contributed by atoms with van der Waals surface area (Å²) in [5.74, 6) is -2.98. The Kier molecular flexibility index (Phi) is 6.55. The molecule has 1 rings (SSSR count). The van der Waals surface area contributed by atoms with Crippen LogP contribution in [0.15, 0.2) is 18.2 Å². The number of carboxylic acids is 1. The van der Waals surface area contributed by atoms with Crippen molar-refractivity contribution < 1.29 is 42.8 Å². The average molecular weight is 351 g/mol. The lowest BCUT2D eigenvalue weighted by Gasteiger charge is -2.20. The van der Waals surface area contributed by atoms with Crippen molar-refractivity contribution in [2.24, 2.45) is 0 Å². The van der Waals surface area contributed by atoms with Gasteiger partial charge in [0, 0.05) is 13.5 Å². The standard InChI is InChI=1S/C14H16F3NO6/c1-7(19)18-5-4-10(20)12(21)8-2-3-9(13(22)23)11(6-8)24-14(15,16)17/h2-3,6,10,12,20-21H,4-5H2,1H3,(H,18,19)(H,22,23). The van der Waals surface area contributed by atoms with Crippen LogP contribution < -0.4 is 10.1 Å². The minimum absolute atomic E-state index is 0.0483. The van der Waals surface area contributed by atoms with Crippen molar-refractivity contribution in [1.29, 1.82) is 0 Å². The van der Waals surface area contributed by atoms with Gasteiger partial charge in [-0.15, -0.1) is 13.2 Å². The Labute approximate surface area is 134 Å². The average Bonchev–Trinajstić information content (AvgIpc) is 2.43. The lowest BCUT2D eigenvalue weighted by atomic mass is 10.00. The van der Waals surface area contributed by atoms with Gasteiger partial charge in [0.1, 0.15) is 17.4 Å². The number of aliphatic hydroxyl groups is 2. The Bertz CT molecular complexity index is 605. The van der Waals surface area contributed by atoms with Crippen molar-refractivity contribution in [2.75, 3.05) is 6.54 Å². The SMILES string of the molecule is CC(=O)NCCC(O)C(O)c1ccc(C(=O)O)c(OC(F)(F)F)c1. The van der Waals surface area contributed by atoms with Crippen LogP contribution >= 0.6 is 0 Å². The first-order valence-corrected chi connectivity index (χ1v) is 6.75. The third-order valence-corrected chi connectivity index (χ3v) is 2.98. The van der Waals surface area contributed by atoms with Crippen LogP contribution in [0.1, 0.15) is 35.4 Å². The van der Waals surface area contributed by atoms with Crippen molar-refractivity contribution in [2.45, 2.75) is 31.9 Å². The van der Waals surface area contributed by atoms with Crippen molar-refractivity contribution in [1.82, 2.24) is 5.32 Å². The first-order chi connectivity index (χ1) is 11.0. The minimum atomic E-state index is -5.11. The predicted octanol–water partition coefficient (Wildman–Crippen LogP) is 1.20. The van der Waals surface area contributed by atoms with Gasteiger partial charge in [0.2, 0.25) is 5.91 Å². The molecule has 0 saturated heterocycles. The number of alkyl halides is 3. The van der Waals surface area contributed by atoms with E-state index in [0.717, 1.165) is 12.1 Å². The van der Waals surface area contributed by atoms with E-state index < -0.39 is 35.9 Å².